The van der Waals surface area contributed by atoms with Gasteiger partial charge in [-0.25, -0.2) is 9.18 Å². The van der Waals surface area contributed by atoms with Crippen LogP contribution in [0.3, 0.4) is 0 Å². The topological polar surface area (TPSA) is 68.6 Å². The van der Waals surface area contributed by atoms with Crippen molar-refractivity contribution in [3.8, 4) is 22.6 Å². The molecule has 172 valence electrons. The Bertz CT molecular complexity index is 1180. The average molecular weight is 451 g/mol. The Kier molecular flexibility index (Phi) is 5.54. The van der Waals surface area contributed by atoms with E-state index in [9.17, 15) is 9.18 Å². The van der Waals surface area contributed by atoms with Crippen LogP contribution < -0.4 is 15.0 Å². The molecule has 3 aromatic rings. The Hall–Kier alpha value is -3.39. The van der Waals surface area contributed by atoms with Crippen LogP contribution in [-0.2, 0) is 11.2 Å². The molecule has 2 aromatic carbocycles. The summed E-state index contributed by atoms with van der Waals surface area (Å²) in [4.78, 5) is 14.2. The average Bonchev–Trinajstić information content (AvgIpc) is 3.27. The van der Waals surface area contributed by atoms with Gasteiger partial charge in [0.1, 0.15) is 17.3 Å². The molecule has 0 radical (unpaired) electrons. The van der Waals surface area contributed by atoms with E-state index in [0.717, 1.165) is 41.8 Å². The highest BCUT2D eigenvalue weighted by Crippen LogP contribution is 2.45. The summed E-state index contributed by atoms with van der Waals surface area (Å²) in [6.07, 6.45) is 4.99. The van der Waals surface area contributed by atoms with Gasteiger partial charge >= 0.3 is 6.09 Å². The van der Waals surface area contributed by atoms with Crippen LogP contribution in [0.1, 0.15) is 31.9 Å². The number of ether oxygens (including phenoxy) is 2. The predicted molar refractivity (Wildman–Crippen MR) is 123 cm³/mol. The number of hydrogen-bond donors (Lipinski definition) is 1. The maximum Gasteiger partial charge on any atom is 0.414 e. The van der Waals surface area contributed by atoms with E-state index in [-0.39, 0.29) is 11.9 Å². The quantitative estimate of drug-likeness (QED) is 0.611. The fraction of sp³-hybridized carbons (Fsp3) is 0.360. The van der Waals surface area contributed by atoms with Gasteiger partial charge in [-0.15, -0.1) is 0 Å². The first-order valence-electron chi connectivity index (χ1n) is 11.2. The fourth-order valence-electron chi connectivity index (χ4n) is 4.59. The lowest BCUT2D eigenvalue weighted by Gasteiger charge is -2.35. The van der Waals surface area contributed by atoms with E-state index in [1.54, 1.807) is 17.0 Å². The third kappa shape index (κ3) is 3.84. The zero-order valence-electron chi connectivity index (χ0n) is 18.9. The SMILES string of the molecule is COC(=O)N1c2ccc(-c3cnn(C4CNC4C)c3)c(Oc3ccc(F)cc3)c2CCC1C. The molecule has 0 bridgehead atoms. The maximum atomic E-state index is 13.5. The Morgan fingerprint density at radius 3 is 2.64 bits per heavy atom. The zero-order chi connectivity index (χ0) is 23.1. The third-order valence-electron chi connectivity index (χ3n) is 6.63. The molecule has 1 saturated heterocycles. The summed E-state index contributed by atoms with van der Waals surface area (Å²) in [6, 6.07) is 10.5. The number of amides is 1. The number of carbonyl (C=O) groups excluding carboxylic acids is 1. The number of methoxy groups -OCH3 is 1. The van der Waals surface area contributed by atoms with Crippen LogP contribution in [0.15, 0.2) is 48.8 Å². The number of aromatic nitrogens is 2. The van der Waals surface area contributed by atoms with Crippen LogP contribution in [0.25, 0.3) is 11.1 Å². The Morgan fingerprint density at radius 1 is 1.18 bits per heavy atom. The van der Waals surface area contributed by atoms with Crippen LogP contribution in [0, 0.1) is 5.82 Å². The Balaban J connectivity index is 1.61. The molecule has 3 unspecified atom stereocenters. The van der Waals surface area contributed by atoms with Crippen molar-refractivity contribution in [1.82, 2.24) is 15.1 Å². The molecule has 1 amide bonds. The molecule has 5 rings (SSSR count). The first kappa shape index (κ1) is 21.5. The van der Waals surface area contributed by atoms with E-state index in [2.05, 4.69) is 17.3 Å². The monoisotopic (exact) mass is 450 g/mol. The van der Waals surface area contributed by atoms with Gasteiger partial charge in [-0.1, -0.05) is 0 Å². The summed E-state index contributed by atoms with van der Waals surface area (Å²) in [5, 5.41) is 7.95. The van der Waals surface area contributed by atoms with Crippen LogP contribution in [0.5, 0.6) is 11.5 Å². The lowest BCUT2D eigenvalue weighted by atomic mass is 9.92. The van der Waals surface area contributed by atoms with Crippen LogP contribution >= 0.6 is 0 Å². The van der Waals surface area contributed by atoms with Crippen LogP contribution in [0.4, 0.5) is 14.9 Å². The van der Waals surface area contributed by atoms with Gasteiger partial charge < -0.3 is 14.8 Å². The molecule has 2 aliphatic rings. The molecule has 1 fully saturated rings. The van der Waals surface area contributed by atoms with Crippen molar-refractivity contribution in [2.45, 2.75) is 44.8 Å². The van der Waals surface area contributed by atoms with Gasteiger partial charge in [-0.2, -0.15) is 5.10 Å². The van der Waals surface area contributed by atoms with Gasteiger partial charge in [0, 0.05) is 41.5 Å². The molecule has 0 aliphatic carbocycles. The molecule has 2 aliphatic heterocycles. The van der Waals surface area contributed by atoms with Gasteiger partial charge in [-0.05, 0) is 63.1 Å². The molecule has 7 nitrogen and oxygen atoms in total. The minimum atomic E-state index is -0.400. The lowest BCUT2D eigenvalue weighted by molar-refractivity contribution is 0.175. The second-order valence-electron chi connectivity index (χ2n) is 8.70. The molecule has 33 heavy (non-hydrogen) atoms. The van der Waals surface area contributed by atoms with E-state index in [4.69, 9.17) is 9.47 Å². The first-order chi connectivity index (χ1) is 16.0. The smallest absolute Gasteiger partial charge is 0.414 e. The number of carbonyl (C=O) groups is 1. The molecule has 3 atom stereocenters. The van der Waals surface area contributed by atoms with Crippen LogP contribution in [0.2, 0.25) is 0 Å². The van der Waals surface area contributed by atoms with E-state index in [1.165, 1.54) is 19.2 Å². The highest BCUT2D eigenvalue weighted by molar-refractivity contribution is 5.92. The first-order valence-corrected chi connectivity index (χ1v) is 11.2. The predicted octanol–water partition coefficient (Wildman–Crippen LogP) is 4.92. The second-order valence-corrected chi connectivity index (χ2v) is 8.70. The summed E-state index contributed by atoms with van der Waals surface area (Å²) in [6.45, 7) is 5.03. The van der Waals surface area contributed by atoms with Crippen molar-refractivity contribution in [1.29, 1.82) is 0 Å². The maximum absolute atomic E-state index is 13.5. The van der Waals surface area contributed by atoms with Gasteiger partial charge in [0.25, 0.3) is 0 Å². The highest BCUT2D eigenvalue weighted by atomic mass is 19.1. The molecule has 1 aromatic heterocycles. The normalized spacial score (nSPS) is 21.8. The van der Waals surface area contributed by atoms with Crippen LogP contribution in [-0.4, -0.2) is 41.6 Å². The number of benzene rings is 2. The van der Waals surface area contributed by atoms with E-state index >= 15 is 0 Å². The Morgan fingerprint density at radius 2 is 1.97 bits per heavy atom. The summed E-state index contributed by atoms with van der Waals surface area (Å²) in [5.41, 5.74) is 3.50. The van der Waals surface area contributed by atoms with Crippen molar-refractivity contribution in [2.24, 2.45) is 0 Å². The molecule has 0 saturated carbocycles. The molecule has 1 N–H and O–H groups in total. The molecule has 3 heterocycles. The largest absolute Gasteiger partial charge is 0.456 e. The van der Waals surface area contributed by atoms with Gasteiger partial charge in [-0.3, -0.25) is 9.58 Å². The van der Waals surface area contributed by atoms with Crippen molar-refractivity contribution in [2.75, 3.05) is 18.6 Å². The minimum absolute atomic E-state index is 0.00447. The Labute approximate surface area is 192 Å². The molecule has 8 heteroatoms. The number of anilines is 1. The molecular formula is C25H27FN4O3. The number of nitrogens with one attached hydrogen (secondary N) is 1. The molecular weight excluding hydrogens is 423 g/mol. The number of nitrogens with zero attached hydrogens (tertiary/aromatic N) is 3. The minimum Gasteiger partial charge on any atom is -0.456 e. The van der Waals surface area contributed by atoms with Crippen molar-refractivity contribution < 1.29 is 18.7 Å². The van der Waals surface area contributed by atoms with E-state index in [1.807, 2.05) is 36.1 Å². The number of hydrogen-bond acceptors (Lipinski definition) is 5. The third-order valence-corrected chi connectivity index (χ3v) is 6.63. The van der Waals surface area contributed by atoms with Gasteiger partial charge in [0.2, 0.25) is 0 Å². The fourth-order valence-corrected chi connectivity index (χ4v) is 4.59. The summed E-state index contributed by atoms with van der Waals surface area (Å²) >= 11 is 0. The summed E-state index contributed by atoms with van der Waals surface area (Å²) < 4.78 is 26.9. The van der Waals surface area contributed by atoms with Crippen molar-refractivity contribution in [3.05, 3.63) is 60.2 Å². The number of rotatable bonds is 4. The van der Waals surface area contributed by atoms with E-state index in [0.29, 0.717) is 23.6 Å². The van der Waals surface area contributed by atoms with Gasteiger partial charge in [0.05, 0.1) is 25.0 Å². The highest BCUT2D eigenvalue weighted by Gasteiger charge is 2.33. The van der Waals surface area contributed by atoms with Gasteiger partial charge in [0.15, 0.2) is 0 Å². The standard InChI is InChI=1S/C25H27FN4O3/c1-15-4-9-21-22(30(15)25(31)32-3)11-10-20(24(21)33-19-7-5-18(26)6-8-19)17-12-28-29(14-17)23-13-27-16(23)2/h5-8,10-12,14-16,23,27H,4,9,13H2,1-3H3. The zero-order valence-corrected chi connectivity index (χ0v) is 18.9. The van der Waals surface area contributed by atoms with Crippen molar-refractivity contribution in [3.63, 3.8) is 0 Å². The number of fused-ring (bicyclic) bond motifs is 1. The second kappa shape index (κ2) is 8.51. The van der Waals surface area contributed by atoms with E-state index < -0.39 is 6.09 Å². The number of halogens is 1. The molecule has 0 spiro atoms. The lowest BCUT2D eigenvalue weighted by Crippen LogP contribution is -2.51. The summed E-state index contributed by atoms with van der Waals surface area (Å²) in [5.74, 6) is 0.852. The summed E-state index contributed by atoms with van der Waals surface area (Å²) in [7, 11) is 1.39. The van der Waals surface area contributed by atoms with Crippen molar-refractivity contribution >= 4 is 11.8 Å².